The van der Waals surface area contributed by atoms with Crippen molar-refractivity contribution in [3.8, 4) is 11.1 Å². The highest BCUT2D eigenvalue weighted by Gasteiger charge is 2.06. The zero-order chi connectivity index (χ0) is 10.3. The molecule has 2 aromatic heterocycles. The number of nitrogens with one attached hydrogen (secondary N) is 1. The zero-order valence-corrected chi connectivity index (χ0v) is 8.44. The second-order valence-corrected chi connectivity index (χ2v) is 3.68. The minimum absolute atomic E-state index is 0.973. The van der Waals surface area contributed by atoms with E-state index in [4.69, 9.17) is 0 Å². The van der Waals surface area contributed by atoms with E-state index >= 15 is 0 Å². The molecular weight excluding hydrogens is 186 g/mol. The van der Waals surface area contributed by atoms with Gasteiger partial charge in [-0.05, 0) is 12.5 Å². The Labute approximate surface area is 87.4 Å². The van der Waals surface area contributed by atoms with Crippen LogP contribution in [0, 0.1) is 6.92 Å². The van der Waals surface area contributed by atoms with Crippen molar-refractivity contribution in [1.29, 1.82) is 0 Å². The first-order valence-corrected chi connectivity index (χ1v) is 4.92. The zero-order valence-electron chi connectivity index (χ0n) is 8.44. The van der Waals surface area contributed by atoms with Crippen LogP contribution in [-0.2, 0) is 0 Å². The highest BCUT2D eigenvalue weighted by molar-refractivity contribution is 5.77. The van der Waals surface area contributed by atoms with Gasteiger partial charge in [0.2, 0.25) is 0 Å². The minimum Gasteiger partial charge on any atom is -0.299 e. The summed E-state index contributed by atoms with van der Waals surface area (Å²) in [6.45, 7) is 2.10. The lowest BCUT2D eigenvalue weighted by atomic mass is 10.1. The van der Waals surface area contributed by atoms with Crippen LogP contribution in [0.15, 0.2) is 42.9 Å². The molecule has 3 nitrogen and oxygen atoms in total. The fraction of sp³-hybridized carbons (Fsp3) is 0.0833. The third-order valence-electron chi connectivity index (χ3n) is 2.56. The largest absolute Gasteiger partial charge is 0.299 e. The van der Waals surface area contributed by atoms with E-state index in [1.807, 2.05) is 16.9 Å². The minimum atomic E-state index is 0.973. The number of hydrogen-bond acceptors (Lipinski definition) is 1. The second-order valence-electron chi connectivity index (χ2n) is 3.68. The molecule has 0 radical (unpaired) electrons. The Bertz CT molecular complexity index is 604. The summed E-state index contributed by atoms with van der Waals surface area (Å²) in [5, 5.41) is 3.14. The molecule has 15 heavy (non-hydrogen) atoms. The summed E-state index contributed by atoms with van der Waals surface area (Å²) in [5.41, 5.74) is 4.58. The Morgan fingerprint density at radius 1 is 1.33 bits per heavy atom. The van der Waals surface area contributed by atoms with Gasteiger partial charge in [-0.3, -0.25) is 5.10 Å². The van der Waals surface area contributed by atoms with Gasteiger partial charge >= 0.3 is 0 Å². The SMILES string of the molecule is Cc1cccc(-c2c[nH]n3ccnc23)c1. The summed E-state index contributed by atoms with van der Waals surface area (Å²) in [7, 11) is 0. The molecule has 3 aromatic rings. The molecule has 74 valence electrons. The number of hydrogen-bond donors (Lipinski definition) is 1. The normalized spacial score (nSPS) is 11.0. The number of fused-ring (bicyclic) bond motifs is 1. The van der Waals surface area contributed by atoms with Crippen molar-refractivity contribution in [2.45, 2.75) is 6.92 Å². The van der Waals surface area contributed by atoms with Crippen molar-refractivity contribution in [2.24, 2.45) is 0 Å². The first-order valence-electron chi connectivity index (χ1n) is 4.92. The second kappa shape index (κ2) is 2.98. The average Bonchev–Trinajstić information content (AvgIpc) is 2.77. The standard InChI is InChI=1S/C12H11N3/c1-9-3-2-4-10(7-9)11-8-14-15-6-5-13-12(11)15/h2-8,14H,1H3. The van der Waals surface area contributed by atoms with Gasteiger partial charge in [0, 0.05) is 24.2 Å². The van der Waals surface area contributed by atoms with Gasteiger partial charge in [-0.1, -0.05) is 29.8 Å². The van der Waals surface area contributed by atoms with Crippen LogP contribution >= 0.6 is 0 Å². The van der Waals surface area contributed by atoms with Gasteiger partial charge in [-0.15, -0.1) is 0 Å². The van der Waals surface area contributed by atoms with Gasteiger partial charge in [-0.2, -0.15) is 0 Å². The molecular formula is C12H11N3. The van der Waals surface area contributed by atoms with E-state index in [0.717, 1.165) is 11.2 Å². The summed E-state index contributed by atoms with van der Waals surface area (Å²) in [6.07, 6.45) is 5.69. The molecule has 0 aliphatic heterocycles. The molecule has 3 rings (SSSR count). The lowest BCUT2D eigenvalue weighted by Gasteiger charge is -1.98. The van der Waals surface area contributed by atoms with Crippen molar-refractivity contribution in [1.82, 2.24) is 14.6 Å². The van der Waals surface area contributed by atoms with E-state index in [-0.39, 0.29) is 0 Å². The maximum absolute atomic E-state index is 4.32. The Morgan fingerprint density at radius 3 is 3.13 bits per heavy atom. The predicted molar refractivity (Wildman–Crippen MR) is 59.7 cm³/mol. The summed E-state index contributed by atoms with van der Waals surface area (Å²) in [5.74, 6) is 0. The highest BCUT2D eigenvalue weighted by Crippen LogP contribution is 2.23. The molecule has 0 aliphatic carbocycles. The molecule has 0 aliphatic rings. The number of aromatic amines is 1. The van der Waals surface area contributed by atoms with E-state index in [2.05, 4.69) is 41.3 Å². The fourth-order valence-corrected chi connectivity index (χ4v) is 1.83. The Morgan fingerprint density at radius 2 is 2.27 bits per heavy atom. The number of nitrogens with zero attached hydrogens (tertiary/aromatic N) is 2. The fourth-order valence-electron chi connectivity index (χ4n) is 1.83. The van der Waals surface area contributed by atoms with Gasteiger partial charge in [-0.25, -0.2) is 9.50 Å². The van der Waals surface area contributed by atoms with Crippen LogP contribution in [0.25, 0.3) is 16.8 Å². The van der Waals surface area contributed by atoms with Gasteiger partial charge in [0.1, 0.15) is 0 Å². The number of benzene rings is 1. The monoisotopic (exact) mass is 197 g/mol. The summed E-state index contributed by atoms with van der Waals surface area (Å²) >= 11 is 0. The molecule has 0 atom stereocenters. The van der Waals surface area contributed by atoms with Gasteiger partial charge in [0.25, 0.3) is 0 Å². The van der Waals surface area contributed by atoms with E-state index < -0.39 is 0 Å². The van der Waals surface area contributed by atoms with E-state index in [1.54, 1.807) is 6.20 Å². The Hall–Kier alpha value is -2.03. The molecule has 1 aromatic carbocycles. The third kappa shape index (κ3) is 1.24. The summed E-state index contributed by atoms with van der Waals surface area (Å²) in [6, 6.07) is 8.43. The molecule has 0 fully saturated rings. The van der Waals surface area contributed by atoms with Crippen LogP contribution in [-0.4, -0.2) is 14.6 Å². The lowest BCUT2D eigenvalue weighted by Crippen LogP contribution is -1.79. The number of aryl methyl sites for hydroxylation is 1. The number of aromatic nitrogens is 3. The quantitative estimate of drug-likeness (QED) is 0.639. The first kappa shape index (κ1) is 8.29. The molecule has 0 spiro atoms. The van der Waals surface area contributed by atoms with Crippen LogP contribution in [0.1, 0.15) is 5.56 Å². The molecule has 1 N–H and O–H groups in total. The lowest BCUT2D eigenvalue weighted by molar-refractivity contribution is 0.973. The van der Waals surface area contributed by atoms with E-state index in [9.17, 15) is 0 Å². The molecule has 2 heterocycles. The van der Waals surface area contributed by atoms with Gasteiger partial charge in [0.15, 0.2) is 5.65 Å². The smallest absolute Gasteiger partial charge is 0.160 e. The molecule has 0 unspecified atom stereocenters. The molecule has 0 saturated carbocycles. The van der Waals surface area contributed by atoms with Crippen molar-refractivity contribution >= 4 is 5.65 Å². The predicted octanol–water partition coefficient (Wildman–Crippen LogP) is 2.64. The number of H-pyrrole nitrogens is 1. The topological polar surface area (TPSA) is 33.1 Å². The maximum atomic E-state index is 4.32. The highest BCUT2D eigenvalue weighted by atomic mass is 15.2. The third-order valence-corrected chi connectivity index (χ3v) is 2.56. The van der Waals surface area contributed by atoms with Crippen molar-refractivity contribution in [3.63, 3.8) is 0 Å². The van der Waals surface area contributed by atoms with Crippen LogP contribution in [0.3, 0.4) is 0 Å². The molecule has 3 heteroatoms. The number of rotatable bonds is 1. The van der Waals surface area contributed by atoms with Crippen LogP contribution < -0.4 is 0 Å². The van der Waals surface area contributed by atoms with Crippen LogP contribution in [0.5, 0.6) is 0 Å². The first-order chi connectivity index (χ1) is 7.34. The Kier molecular flexibility index (Phi) is 1.65. The van der Waals surface area contributed by atoms with Gasteiger partial charge < -0.3 is 0 Å². The average molecular weight is 197 g/mol. The molecule has 0 saturated heterocycles. The van der Waals surface area contributed by atoms with Crippen LogP contribution in [0.4, 0.5) is 0 Å². The number of imidazole rings is 1. The van der Waals surface area contributed by atoms with E-state index in [0.29, 0.717) is 0 Å². The molecule has 0 bridgehead atoms. The van der Waals surface area contributed by atoms with Crippen molar-refractivity contribution in [3.05, 3.63) is 48.4 Å². The van der Waals surface area contributed by atoms with Crippen molar-refractivity contribution < 1.29 is 0 Å². The van der Waals surface area contributed by atoms with E-state index in [1.165, 1.54) is 11.1 Å². The van der Waals surface area contributed by atoms with Crippen molar-refractivity contribution in [2.75, 3.05) is 0 Å². The summed E-state index contributed by atoms with van der Waals surface area (Å²) < 4.78 is 1.91. The Balaban J connectivity index is 2.26. The van der Waals surface area contributed by atoms with Crippen LogP contribution in [0.2, 0.25) is 0 Å². The maximum Gasteiger partial charge on any atom is 0.160 e. The summed E-state index contributed by atoms with van der Waals surface area (Å²) in [4.78, 5) is 4.32. The molecule has 0 amide bonds. The van der Waals surface area contributed by atoms with Gasteiger partial charge in [0.05, 0.1) is 0 Å².